The number of thioether (sulfide) groups is 1. The normalized spacial score (nSPS) is 11.7. The van der Waals surface area contributed by atoms with Crippen LogP contribution in [0.15, 0.2) is 58.9 Å². The Hall–Kier alpha value is -2.58. The van der Waals surface area contributed by atoms with Crippen molar-refractivity contribution >= 4 is 45.5 Å². The van der Waals surface area contributed by atoms with Gasteiger partial charge in [0, 0.05) is 12.7 Å². The van der Waals surface area contributed by atoms with Crippen LogP contribution in [0.2, 0.25) is 0 Å². The fraction of sp³-hybridized carbons (Fsp3) is 0.211. The topological polar surface area (TPSA) is 67.3 Å². The van der Waals surface area contributed by atoms with Crippen molar-refractivity contribution < 1.29 is 9.53 Å². The average Bonchev–Trinajstić information content (AvgIpc) is 3.14. The molecule has 0 radical (unpaired) electrons. The van der Waals surface area contributed by atoms with Crippen LogP contribution >= 0.6 is 23.1 Å². The standard InChI is InChI=1S/C19H20N4O2S2/c1-13(17(24)23(2)14-9-5-4-6-10-14)26-19-22-21-18(27-19)20-15-11-7-8-12-16(15)25-3/h4-13H,1-3H3,(H,20,21)/t13-/m0/s1. The summed E-state index contributed by atoms with van der Waals surface area (Å²) >= 11 is 2.80. The second kappa shape index (κ2) is 8.88. The van der Waals surface area contributed by atoms with Crippen molar-refractivity contribution in [1.82, 2.24) is 10.2 Å². The first-order valence-electron chi connectivity index (χ1n) is 8.31. The lowest BCUT2D eigenvalue weighted by atomic mass is 10.3. The lowest BCUT2D eigenvalue weighted by Gasteiger charge is -2.20. The Morgan fingerprint density at radius 2 is 1.85 bits per heavy atom. The number of nitrogens with one attached hydrogen (secondary N) is 1. The van der Waals surface area contributed by atoms with Crippen molar-refractivity contribution in [2.45, 2.75) is 16.5 Å². The number of hydrogen-bond donors (Lipinski definition) is 1. The summed E-state index contributed by atoms with van der Waals surface area (Å²) in [5, 5.41) is 11.9. The van der Waals surface area contributed by atoms with E-state index in [1.54, 1.807) is 19.1 Å². The van der Waals surface area contributed by atoms with Crippen molar-refractivity contribution in [3.8, 4) is 5.75 Å². The van der Waals surface area contributed by atoms with E-state index in [2.05, 4.69) is 15.5 Å². The van der Waals surface area contributed by atoms with Crippen molar-refractivity contribution in [3.05, 3.63) is 54.6 Å². The molecule has 0 bridgehead atoms. The minimum Gasteiger partial charge on any atom is -0.495 e. The Kier molecular flexibility index (Phi) is 6.31. The Bertz CT molecular complexity index is 901. The molecule has 3 aromatic rings. The molecule has 0 aliphatic carbocycles. The number of methoxy groups -OCH3 is 1. The van der Waals surface area contributed by atoms with Gasteiger partial charge in [-0.15, -0.1) is 10.2 Å². The maximum atomic E-state index is 12.7. The van der Waals surface area contributed by atoms with Gasteiger partial charge in [0.1, 0.15) is 5.75 Å². The molecule has 3 rings (SSSR count). The van der Waals surface area contributed by atoms with Crippen LogP contribution < -0.4 is 15.0 Å². The van der Waals surface area contributed by atoms with Crippen molar-refractivity contribution in [1.29, 1.82) is 0 Å². The van der Waals surface area contributed by atoms with Gasteiger partial charge in [-0.2, -0.15) is 0 Å². The van der Waals surface area contributed by atoms with Gasteiger partial charge in [0.05, 0.1) is 18.0 Å². The molecule has 2 aromatic carbocycles. The zero-order valence-electron chi connectivity index (χ0n) is 15.2. The number of carbonyl (C=O) groups excluding carboxylic acids is 1. The molecule has 0 saturated carbocycles. The van der Waals surface area contributed by atoms with Gasteiger partial charge in [-0.1, -0.05) is 53.4 Å². The lowest BCUT2D eigenvalue weighted by molar-refractivity contribution is -0.117. The van der Waals surface area contributed by atoms with Gasteiger partial charge in [0.2, 0.25) is 11.0 Å². The van der Waals surface area contributed by atoms with Crippen LogP contribution in [0.5, 0.6) is 5.75 Å². The molecule has 1 heterocycles. The third-order valence-electron chi connectivity index (χ3n) is 3.85. The first-order chi connectivity index (χ1) is 13.1. The number of amides is 1. The summed E-state index contributed by atoms with van der Waals surface area (Å²) in [6.45, 7) is 1.88. The van der Waals surface area contributed by atoms with Crippen LogP contribution in [-0.2, 0) is 4.79 Å². The largest absolute Gasteiger partial charge is 0.495 e. The first-order valence-corrected chi connectivity index (χ1v) is 10.0. The third kappa shape index (κ3) is 4.78. The molecule has 8 heteroatoms. The van der Waals surface area contributed by atoms with E-state index in [1.807, 2.05) is 61.5 Å². The van der Waals surface area contributed by atoms with E-state index in [1.165, 1.54) is 23.1 Å². The molecule has 1 N–H and O–H groups in total. The van der Waals surface area contributed by atoms with Crippen LogP contribution in [0.4, 0.5) is 16.5 Å². The van der Waals surface area contributed by atoms with E-state index in [0.29, 0.717) is 5.13 Å². The molecular formula is C19H20N4O2S2. The molecular weight excluding hydrogens is 380 g/mol. The third-order valence-corrected chi connectivity index (χ3v) is 5.86. The van der Waals surface area contributed by atoms with Crippen LogP contribution in [-0.4, -0.2) is 35.5 Å². The Balaban J connectivity index is 1.64. The number of hydrogen-bond acceptors (Lipinski definition) is 7. The highest BCUT2D eigenvalue weighted by molar-refractivity contribution is 8.02. The van der Waals surface area contributed by atoms with Crippen molar-refractivity contribution in [2.75, 3.05) is 24.4 Å². The smallest absolute Gasteiger partial charge is 0.240 e. The first kappa shape index (κ1) is 19.2. The minimum absolute atomic E-state index is 0.0145. The Labute approximate surface area is 166 Å². The molecule has 6 nitrogen and oxygen atoms in total. The van der Waals surface area contributed by atoms with E-state index in [0.717, 1.165) is 21.5 Å². The molecule has 27 heavy (non-hydrogen) atoms. The van der Waals surface area contributed by atoms with Gasteiger partial charge in [0.15, 0.2) is 4.34 Å². The molecule has 0 fully saturated rings. The Morgan fingerprint density at radius 3 is 2.59 bits per heavy atom. The summed E-state index contributed by atoms with van der Waals surface area (Å²) in [6, 6.07) is 17.2. The quantitative estimate of drug-likeness (QED) is 0.592. The average molecular weight is 401 g/mol. The highest BCUT2D eigenvalue weighted by Crippen LogP contribution is 2.33. The summed E-state index contributed by atoms with van der Waals surface area (Å²) < 4.78 is 6.06. The zero-order valence-corrected chi connectivity index (χ0v) is 16.9. The van der Waals surface area contributed by atoms with E-state index in [-0.39, 0.29) is 11.2 Å². The summed E-state index contributed by atoms with van der Waals surface area (Å²) in [7, 11) is 3.40. The number of benzene rings is 2. The lowest BCUT2D eigenvalue weighted by Crippen LogP contribution is -2.33. The predicted molar refractivity (Wildman–Crippen MR) is 111 cm³/mol. The fourth-order valence-electron chi connectivity index (χ4n) is 2.42. The van der Waals surface area contributed by atoms with Crippen molar-refractivity contribution in [2.24, 2.45) is 0 Å². The number of rotatable bonds is 7. The Morgan fingerprint density at radius 1 is 1.15 bits per heavy atom. The second-order valence-corrected chi connectivity index (χ2v) is 8.26. The van der Waals surface area contributed by atoms with Crippen LogP contribution in [0.1, 0.15) is 6.92 Å². The van der Waals surface area contributed by atoms with Crippen LogP contribution in [0.3, 0.4) is 0 Å². The van der Waals surface area contributed by atoms with E-state index < -0.39 is 0 Å². The van der Waals surface area contributed by atoms with Gasteiger partial charge >= 0.3 is 0 Å². The zero-order chi connectivity index (χ0) is 19.2. The summed E-state index contributed by atoms with van der Waals surface area (Å²) in [5.41, 5.74) is 1.69. The summed E-state index contributed by atoms with van der Waals surface area (Å²) in [4.78, 5) is 14.3. The molecule has 0 aliphatic rings. The molecule has 1 atom stereocenters. The number of nitrogens with zero attached hydrogens (tertiary/aromatic N) is 3. The highest BCUT2D eigenvalue weighted by Gasteiger charge is 2.21. The molecule has 140 valence electrons. The van der Waals surface area contributed by atoms with Gasteiger partial charge in [-0.05, 0) is 31.2 Å². The van der Waals surface area contributed by atoms with Crippen LogP contribution in [0, 0.1) is 0 Å². The van der Waals surface area contributed by atoms with Gasteiger partial charge in [0.25, 0.3) is 0 Å². The highest BCUT2D eigenvalue weighted by atomic mass is 32.2. The fourth-order valence-corrected chi connectivity index (χ4v) is 4.43. The monoisotopic (exact) mass is 400 g/mol. The summed E-state index contributed by atoms with van der Waals surface area (Å²) in [5.74, 6) is 0.746. The molecule has 1 aromatic heterocycles. The maximum absolute atomic E-state index is 12.7. The molecule has 1 amide bonds. The minimum atomic E-state index is -0.276. The van der Waals surface area contributed by atoms with E-state index in [4.69, 9.17) is 4.74 Å². The van der Waals surface area contributed by atoms with Gasteiger partial charge < -0.3 is 15.0 Å². The number of carbonyl (C=O) groups is 1. The molecule has 0 spiro atoms. The molecule has 0 saturated heterocycles. The van der Waals surface area contributed by atoms with Crippen LogP contribution in [0.25, 0.3) is 0 Å². The summed E-state index contributed by atoms with van der Waals surface area (Å²) in [6.07, 6.45) is 0. The number of para-hydroxylation sites is 3. The second-order valence-electron chi connectivity index (χ2n) is 5.69. The molecule has 0 aliphatic heterocycles. The van der Waals surface area contributed by atoms with Gasteiger partial charge in [-0.25, -0.2) is 0 Å². The number of ether oxygens (including phenoxy) is 1. The van der Waals surface area contributed by atoms with E-state index in [9.17, 15) is 4.79 Å². The van der Waals surface area contributed by atoms with Gasteiger partial charge in [-0.3, -0.25) is 4.79 Å². The number of anilines is 3. The SMILES string of the molecule is COc1ccccc1Nc1nnc(S[C@@H](C)C(=O)N(C)c2ccccc2)s1. The number of aromatic nitrogens is 2. The predicted octanol–water partition coefficient (Wildman–Crippen LogP) is 4.43. The maximum Gasteiger partial charge on any atom is 0.240 e. The van der Waals surface area contributed by atoms with Crippen molar-refractivity contribution in [3.63, 3.8) is 0 Å². The van der Waals surface area contributed by atoms with E-state index >= 15 is 0 Å². The molecule has 0 unspecified atom stereocenters.